The van der Waals surface area contributed by atoms with Gasteiger partial charge in [-0.25, -0.2) is 4.57 Å². The summed E-state index contributed by atoms with van der Waals surface area (Å²) in [5.41, 5.74) is 0. The summed E-state index contributed by atoms with van der Waals surface area (Å²) in [6.07, 6.45) is 36.0. The number of aliphatic hydroxyl groups excluding tert-OH is 1. The number of unbranched alkanes of at least 4 members (excludes halogenated alkanes) is 8. The first-order valence-electron chi connectivity index (χ1n) is 17.3. The Morgan fingerprint density at radius 1 is 0.696 bits per heavy atom. The minimum absolute atomic E-state index is 0.0489. The lowest BCUT2D eigenvalue weighted by Gasteiger charge is -2.15. The molecule has 0 aliphatic heterocycles. The topological polar surface area (TPSA) is 131 Å². The summed E-state index contributed by atoms with van der Waals surface area (Å²) in [6, 6.07) is 0. The number of nitrogens with one attached hydrogen (secondary N) is 1. The molecule has 0 aliphatic carbocycles. The Bertz CT molecular complexity index is 944. The van der Waals surface area contributed by atoms with Crippen molar-refractivity contribution in [1.29, 1.82) is 0 Å². The van der Waals surface area contributed by atoms with Gasteiger partial charge in [0.2, 0.25) is 5.91 Å². The van der Waals surface area contributed by atoms with E-state index in [2.05, 4.69) is 79.9 Å². The molecule has 0 heterocycles. The normalized spacial score (nSPS) is 14.3. The summed E-state index contributed by atoms with van der Waals surface area (Å²) < 4.78 is 26.6. The molecule has 0 aromatic carbocycles. The fourth-order valence-corrected chi connectivity index (χ4v) is 4.88. The number of ether oxygens (including phenoxy) is 1. The zero-order chi connectivity index (χ0) is 34.0. The third kappa shape index (κ3) is 33.1. The van der Waals surface area contributed by atoms with Crippen LogP contribution in [0.4, 0.5) is 0 Å². The van der Waals surface area contributed by atoms with Crippen molar-refractivity contribution in [3.05, 3.63) is 60.8 Å². The molecule has 2 unspecified atom stereocenters. The van der Waals surface area contributed by atoms with Crippen LogP contribution >= 0.6 is 7.82 Å². The highest BCUT2D eigenvalue weighted by Crippen LogP contribution is 2.42. The predicted molar refractivity (Wildman–Crippen MR) is 187 cm³/mol. The highest BCUT2D eigenvalue weighted by Gasteiger charge is 2.23. The summed E-state index contributed by atoms with van der Waals surface area (Å²) in [5.74, 6) is -0.587. The van der Waals surface area contributed by atoms with Crippen molar-refractivity contribution in [3.63, 3.8) is 0 Å². The van der Waals surface area contributed by atoms with Crippen LogP contribution in [-0.4, -0.2) is 54.3 Å². The molecular weight excluding hydrogens is 605 g/mol. The summed E-state index contributed by atoms with van der Waals surface area (Å²) in [7, 11) is -4.42. The van der Waals surface area contributed by atoms with Gasteiger partial charge in [0.1, 0.15) is 12.7 Å². The van der Waals surface area contributed by atoms with Crippen molar-refractivity contribution in [1.82, 2.24) is 5.32 Å². The molecule has 46 heavy (non-hydrogen) atoms. The number of phosphoric acid groups is 1. The second kappa shape index (κ2) is 32.6. The maximum Gasteiger partial charge on any atom is 0.472 e. The first-order chi connectivity index (χ1) is 22.3. The third-order valence-corrected chi connectivity index (χ3v) is 7.70. The van der Waals surface area contributed by atoms with Crippen LogP contribution in [0.1, 0.15) is 123 Å². The lowest BCUT2D eigenvalue weighted by molar-refractivity contribution is -0.147. The average molecular weight is 668 g/mol. The summed E-state index contributed by atoms with van der Waals surface area (Å²) in [6.45, 7) is 3.29. The largest absolute Gasteiger partial charge is 0.472 e. The number of esters is 1. The molecule has 0 rings (SSSR count). The molecule has 0 bridgehead atoms. The van der Waals surface area contributed by atoms with Crippen LogP contribution in [0.15, 0.2) is 60.8 Å². The average Bonchev–Trinajstić information content (AvgIpc) is 3.04. The van der Waals surface area contributed by atoms with Crippen molar-refractivity contribution in [2.75, 3.05) is 26.4 Å². The summed E-state index contributed by atoms with van der Waals surface area (Å²) in [4.78, 5) is 33.5. The van der Waals surface area contributed by atoms with Crippen molar-refractivity contribution >= 4 is 19.7 Å². The number of allylic oxidation sites excluding steroid dienone is 10. The first kappa shape index (κ1) is 43.7. The lowest BCUT2D eigenvalue weighted by Crippen LogP contribution is -2.27. The smallest absolute Gasteiger partial charge is 0.463 e. The Balaban J connectivity index is 3.76. The fraction of sp³-hybridized carbons (Fsp3) is 0.667. The van der Waals surface area contributed by atoms with Crippen LogP contribution < -0.4 is 5.32 Å². The maximum atomic E-state index is 12.0. The molecule has 10 heteroatoms. The molecule has 0 spiro atoms. The Morgan fingerprint density at radius 3 is 1.83 bits per heavy atom. The van der Waals surface area contributed by atoms with Gasteiger partial charge in [-0.2, -0.15) is 0 Å². The van der Waals surface area contributed by atoms with Gasteiger partial charge in [-0.1, -0.05) is 120 Å². The highest BCUT2D eigenvalue weighted by molar-refractivity contribution is 7.47. The van der Waals surface area contributed by atoms with Crippen LogP contribution in [0.5, 0.6) is 0 Å². The quantitative estimate of drug-likeness (QED) is 0.0290. The van der Waals surface area contributed by atoms with Gasteiger partial charge in [0.15, 0.2) is 0 Å². The van der Waals surface area contributed by atoms with E-state index in [1.165, 1.54) is 32.1 Å². The van der Waals surface area contributed by atoms with Crippen molar-refractivity contribution in [2.45, 2.75) is 129 Å². The van der Waals surface area contributed by atoms with E-state index in [1.807, 2.05) is 0 Å². The zero-order valence-corrected chi connectivity index (χ0v) is 29.4. The molecule has 0 saturated heterocycles. The minimum atomic E-state index is -4.42. The second-order valence-corrected chi connectivity index (χ2v) is 12.6. The summed E-state index contributed by atoms with van der Waals surface area (Å²) >= 11 is 0. The van der Waals surface area contributed by atoms with Gasteiger partial charge >= 0.3 is 13.8 Å². The number of rotatable bonds is 31. The highest BCUT2D eigenvalue weighted by atomic mass is 31.2. The number of carbonyl (C=O) groups is 2. The number of phosphoric ester groups is 1. The lowest BCUT2D eigenvalue weighted by atomic mass is 10.1. The zero-order valence-electron chi connectivity index (χ0n) is 28.5. The van der Waals surface area contributed by atoms with E-state index < -0.39 is 26.5 Å². The number of hydrogen-bond acceptors (Lipinski definition) is 7. The van der Waals surface area contributed by atoms with Gasteiger partial charge in [0.05, 0.1) is 13.2 Å². The Kier molecular flexibility index (Phi) is 31.0. The molecule has 3 N–H and O–H groups in total. The van der Waals surface area contributed by atoms with Gasteiger partial charge in [0, 0.05) is 19.4 Å². The van der Waals surface area contributed by atoms with Crippen LogP contribution in [0.2, 0.25) is 0 Å². The van der Waals surface area contributed by atoms with Crippen LogP contribution in [0.25, 0.3) is 0 Å². The Labute approximate surface area is 278 Å². The van der Waals surface area contributed by atoms with Gasteiger partial charge in [-0.15, -0.1) is 0 Å². The third-order valence-electron chi connectivity index (χ3n) is 6.71. The molecule has 2 atom stereocenters. The van der Waals surface area contributed by atoms with Gasteiger partial charge in [-0.3, -0.25) is 18.6 Å². The van der Waals surface area contributed by atoms with Crippen LogP contribution in [0.3, 0.4) is 0 Å². The maximum absolute atomic E-state index is 12.0. The molecule has 1 amide bonds. The van der Waals surface area contributed by atoms with Crippen molar-refractivity contribution < 1.29 is 37.9 Å². The van der Waals surface area contributed by atoms with Crippen molar-refractivity contribution in [3.8, 4) is 0 Å². The Hall–Kier alpha value is -2.29. The van der Waals surface area contributed by atoms with Gasteiger partial charge < -0.3 is 20.1 Å². The molecule has 0 radical (unpaired) electrons. The number of hydrogen-bond donors (Lipinski definition) is 3. The number of carbonyl (C=O) groups excluding carboxylic acids is 2. The van der Waals surface area contributed by atoms with E-state index in [1.54, 1.807) is 0 Å². The SMILES string of the molecule is CC/C=C\C/C=C\C/C=C\C/C=C\C/C=C\CCCC(=O)NCCOP(=O)(O)OCC(O)COC(=O)CCCCCCCCCC. The monoisotopic (exact) mass is 667 g/mol. The summed E-state index contributed by atoms with van der Waals surface area (Å²) in [5, 5.41) is 12.5. The molecule has 0 aromatic rings. The van der Waals surface area contributed by atoms with E-state index in [0.717, 1.165) is 57.8 Å². The van der Waals surface area contributed by atoms with E-state index >= 15 is 0 Å². The molecule has 0 aromatic heterocycles. The Morgan fingerprint density at radius 2 is 1.24 bits per heavy atom. The number of aliphatic hydroxyl groups is 1. The van der Waals surface area contributed by atoms with E-state index in [-0.39, 0.29) is 32.1 Å². The van der Waals surface area contributed by atoms with Crippen molar-refractivity contribution in [2.24, 2.45) is 0 Å². The van der Waals surface area contributed by atoms with Crippen LogP contribution in [-0.2, 0) is 27.9 Å². The molecule has 0 fully saturated rings. The van der Waals surface area contributed by atoms with Gasteiger partial charge in [0.25, 0.3) is 0 Å². The molecule has 9 nitrogen and oxygen atoms in total. The first-order valence-corrected chi connectivity index (χ1v) is 18.8. The van der Waals surface area contributed by atoms with E-state index in [0.29, 0.717) is 12.8 Å². The second-order valence-electron chi connectivity index (χ2n) is 11.1. The molecule has 0 aliphatic rings. The van der Waals surface area contributed by atoms with Gasteiger partial charge in [-0.05, 0) is 51.4 Å². The standard InChI is InChI=1S/C36H62NO8P/c1-3-5-7-9-11-13-14-15-16-17-18-19-20-21-22-24-26-28-35(39)37-30-31-44-46(41,42)45-33-34(38)32-43-36(40)29-27-25-23-12-10-8-6-4-2/h5,7,11,13,15-16,18-19,21-22,34,38H,3-4,6,8-10,12,14,17,20,23-33H2,1-2H3,(H,37,39)(H,41,42)/b7-5-,13-11-,16-15-,19-18-,22-21-. The number of amides is 1. The van der Waals surface area contributed by atoms with E-state index in [9.17, 15) is 24.2 Å². The predicted octanol–water partition coefficient (Wildman–Crippen LogP) is 8.59. The molecule has 264 valence electrons. The minimum Gasteiger partial charge on any atom is -0.463 e. The van der Waals surface area contributed by atoms with E-state index in [4.69, 9.17) is 13.8 Å². The van der Waals surface area contributed by atoms with Crippen LogP contribution in [0, 0.1) is 0 Å². The molecular formula is C36H62NO8P. The fourth-order valence-electron chi connectivity index (χ4n) is 4.12. The molecule has 0 saturated carbocycles.